The summed E-state index contributed by atoms with van der Waals surface area (Å²) in [5, 5.41) is 0. The van der Waals surface area contributed by atoms with E-state index in [1.807, 2.05) is 0 Å². The summed E-state index contributed by atoms with van der Waals surface area (Å²) in [5.41, 5.74) is 0. The molecule has 0 aromatic carbocycles. The Labute approximate surface area is 47.2 Å². The predicted molar refractivity (Wildman–Crippen MR) is 26.4 cm³/mol. The maximum Gasteiger partial charge on any atom is 0.410 e. The molecule has 1 amide bonds. The van der Waals surface area contributed by atoms with E-state index in [1.165, 1.54) is 0 Å². The van der Waals surface area contributed by atoms with E-state index in [2.05, 4.69) is 0 Å². The van der Waals surface area contributed by atoms with E-state index >= 15 is 0 Å². The van der Waals surface area contributed by atoms with Gasteiger partial charge in [0.1, 0.15) is 6.10 Å². The number of amides is 1. The molecule has 2 rings (SSSR count). The second-order valence-corrected chi connectivity index (χ2v) is 2.34. The van der Waals surface area contributed by atoms with Crippen molar-refractivity contribution in [2.24, 2.45) is 0 Å². The highest BCUT2D eigenvalue weighted by Crippen LogP contribution is 2.36. The van der Waals surface area contributed by atoms with Crippen LogP contribution in [-0.2, 0) is 4.74 Å². The lowest BCUT2D eigenvalue weighted by Crippen LogP contribution is -2.22. The third-order valence-corrected chi connectivity index (χ3v) is 1.74. The zero-order valence-electron chi connectivity index (χ0n) is 4.63. The van der Waals surface area contributed by atoms with Crippen molar-refractivity contribution in [2.75, 3.05) is 7.05 Å². The van der Waals surface area contributed by atoms with Crippen LogP contribution in [0.15, 0.2) is 0 Å². The van der Waals surface area contributed by atoms with Gasteiger partial charge in [0.25, 0.3) is 0 Å². The lowest BCUT2D eigenvalue weighted by Gasteiger charge is -2.05. The molecular formula is C5H7NO2. The molecule has 8 heavy (non-hydrogen) atoms. The molecule has 3 nitrogen and oxygen atoms in total. The van der Waals surface area contributed by atoms with E-state index < -0.39 is 0 Å². The molecule has 2 atom stereocenters. The maximum atomic E-state index is 10.5. The minimum atomic E-state index is -0.161. The first kappa shape index (κ1) is 4.18. The molecule has 0 aromatic heterocycles. The zero-order valence-corrected chi connectivity index (χ0v) is 4.63. The van der Waals surface area contributed by atoms with Gasteiger partial charge in [0, 0.05) is 13.5 Å². The van der Waals surface area contributed by atoms with Crippen molar-refractivity contribution in [2.45, 2.75) is 18.6 Å². The number of nitrogens with zero attached hydrogens (tertiary/aromatic N) is 1. The molecule has 0 bridgehead atoms. The predicted octanol–water partition coefficient (Wildman–Crippen LogP) is 0.209. The van der Waals surface area contributed by atoms with Gasteiger partial charge in [-0.3, -0.25) is 0 Å². The minimum Gasteiger partial charge on any atom is -0.444 e. The summed E-state index contributed by atoms with van der Waals surface area (Å²) >= 11 is 0. The summed E-state index contributed by atoms with van der Waals surface area (Å²) in [7, 11) is 1.78. The van der Waals surface area contributed by atoms with E-state index in [-0.39, 0.29) is 12.2 Å². The second kappa shape index (κ2) is 0.989. The highest BCUT2D eigenvalue weighted by molar-refractivity contribution is 5.71. The first-order chi connectivity index (χ1) is 3.79. The number of fused-ring (bicyclic) bond motifs is 1. The fourth-order valence-corrected chi connectivity index (χ4v) is 1.04. The average Bonchev–Trinajstić information content (AvgIpc) is 2.39. The smallest absolute Gasteiger partial charge is 0.410 e. The Balaban J connectivity index is 2.19. The number of carbonyl (C=O) groups excluding carboxylic acids is 1. The van der Waals surface area contributed by atoms with Crippen LogP contribution in [0.2, 0.25) is 0 Å². The Morgan fingerprint density at radius 1 is 1.88 bits per heavy atom. The number of ether oxygens (including phenoxy) is 1. The van der Waals surface area contributed by atoms with E-state index in [0.717, 1.165) is 6.42 Å². The van der Waals surface area contributed by atoms with Gasteiger partial charge in [0.15, 0.2) is 0 Å². The summed E-state index contributed by atoms with van der Waals surface area (Å²) in [6, 6.07) is 0.419. The molecule has 0 N–H and O–H groups in total. The van der Waals surface area contributed by atoms with Gasteiger partial charge in [-0.05, 0) is 0 Å². The van der Waals surface area contributed by atoms with Crippen LogP contribution in [-0.4, -0.2) is 30.2 Å². The summed E-state index contributed by atoms with van der Waals surface area (Å²) in [5.74, 6) is 0. The van der Waals surface area contributed by atoms with Gasteiger partial charge >= 0.3 is 6.09 Å². The number of hydrogen-bond acceptors (Lipinski definition) is 2. The summed E-state index contributed by atoms with van der Waals surface area (Å²) in [4.78, 5) is 12.2. The van der Waals surface area contributed by atoms with Gasteiger partial charge in [-0.25, -0.2) is 4.79 Å². The van der Waals surface area contributed by atoms with Crippen LogP contribution in [0, 0.1) is 0 Å². The van der Waals surface area contributed by atoms with Crippen molar-refractivity contribution in [1.29, 1.82) is 0 Å². The molecule has 2 unspecified atom stereocenters. The van der Waals surface area contributed by atoms with Crippen LogP contribution in [0.25, 0.3) is 0 Å². The first-order valence-corrected chi connectivity index (χ1v) is 2.72. The molecule has 1 heterocycles. The molecule has 1 aliphatic heterocycles. The van der Waals surface area contributed by atoms with Crippen molar-refractivity contribution in [1.82, 2.24) is 4.90 Å². The van der Waals surface area contributed by atoms with Gasteiger partial charge in [0.2, 0.25) is 0 Å². The molecule has 44 valence electrons. The molecule has 1 saturated carbocycles. The molecule has 2 aliphatic rings. The van der Waals surface area contributed by atoms with Gasteiger partial charge in [-0.1, -0.05) is 0 Å². The van der Waals surface area contributed by atoms with Crippen LogP contribution >= 0.6 is 0 Å². The van der Waals surface area contributed by atoms with Crippen LogP contribution in [0.4, 0.5) is 4.79 Å². The number of likely N-dealkylation sites (N-methyl/N-ethyl adjacent to an activating group) is 1. The summed E-state index contributed by atoms with van der Waals surface area (Å²) < 4.78 is 4.83. The third-order valence-electron chi connectivity index (χ3n) is 1.74. The maximum absolute atomic E-state index is 10.5. The average molecular weight is 113 g/mol. The highest BCUT2D eigenvalue weighted by atomic mass is 16.6. The Morgan fingerprint density at radius 3 is 2.88 bits per heavy atom. The van der Waals surface area contributed by atoms with Gasteiger partial charge in [-0.15, -0.1) is 0 Å². The SMILES string of the molecule is CN1C(=O)OC2CC21. The van der Waals surface area contributed by atoms with Crippen molar-refractivity contribution >= 4 is 6.09 Å². The number of rotatable bonds is 0. The zero-order chi connectivity index (χ0) is 5.72. The molecule has 1 saturated heterocycles. The van der Waals surface area contributed by atoms with Crippen LogP contribution < -0.4 is 0 Å². The standard InChI is InChI=1S/C5H7NO2/c1-6-3-2-4(3)8-5(6)7/h3-4H,2H2,1H3. The van der Waals surface area contributed by atoms with Crippen LogP contribution in [0.3, 0.4) is 0 Å². The molecule has 0 spiro atoms. The largest absolute Gasteiger partial charge is 0.444 e. The summed E-state index contributed by atoms with van der Waals surface area (Å²) in [6.07, 6.45) is 1.13. The topological polar surface area (TPSA) is 29.5 Å². The molecule has 3 heteroatoms. The van der Waals surface area contributed by atoms with Gasteiger partial charge < -0.3 is 9.64 Å². The Bertz CT molecular complexity index is 145. The fourth-order valence-electron chi connectivity index (χ4n) is 1.04. The van der Waals surface area contributed by atoms with E-state index in [4.69, 9.17) is 4.74 Å². The first-order valence-electron chi connectivity index (χ1n) is 2.72. The normalized spacial score (nSPS) is 41.6. The molecule has 0 radical (unpaired) electrons. The molecular weight excluding hydrogens is 106 g/mol. The van der Waals surface area contributed by atoms with Gasteiger partial charge in [0.05, 0.1) is 6.04 Å². The van der Waals surface area contributed by atoms with Crippen molar-refractivity contribution in [3.63, 3.8) is 0 Å². The number of carbonyl (C=O) groups is 1. The summed E-state index contributed by atoms with van der Waals surface area (Å²) in [6.45, 7) is 0. The lowest BCUT2D eigenvalue weighted by atomic mass is 10.6. The van der Waals surface area contributed by atoms with Crippen molar-refractivity contribution < 1.29 is 9.53 Å². The second-order valence-electron chi connectivity index (χ2n) is 2.34. The Kier molecular flexibility index (Phi) is 0.517. The molecule has 2 fully saturated rings. The fraction of sp³-hybridized carbons (Fsp3) is 0.800. The van der Waals surface area contributed by atoms with E-state index in [9.17, 15) is 4.79 Å². The van der Waals surface area contributed by atoms with E-state index in [1.54, 1.807) is 11.9 Å². The van der Waals surface area contributed by atoms with E-state index in [0.29, 0.717) is 6.04 Å². The van der Waals surface area contributed by atoms with Crippen LogP contribution in [0.1, 0.15) is 6.42 Å². The molecule has 0 aromatic rings. The monoisotopic (exact) mass is 113 g/mol. The Morgan fingerprint density at radius 2 is 2.62 bits per heavy atom. The molecule has 1 aliphatic carbocycles. The quantitative estimate of drug-likeness (QED) is 0.449. The number of hydrogen-bond donors (Lipinski definition) is 0. The Hall–Kier alpha value is -0.730. The lowest BCUT2D eigenvalue weighted by molar-refractivity contribution is 0.141. The van der Waals surface area contributed by atoms with Crippen LogP contribution in [0.5, 0.6) is 0 Å². The third kappa shape index (κ3) is 0.322. The van der Waals surface area contributed by atoms with Crippen molar-refractivity contribution in [3.8, 4) is 0 Å². The highest BCUT2D eigenvalue weighted by Gasteiger charge is 2.52. The van der Waals surface area contributed by atoms with Gasteiger partial charge in [-0.2, -0.15) is 0 Å². The van der Waals surface area contributed by atoms with Crippen molar-refractivity contribution in [3.05, 3.63) is 0 Å². The minimum absolute atomic E-state index is 0.161.